The van der Waals surface area contributed by atoms with Gasteiger partial charge in [-0.1, -0.05) is 18.2 Å². The SMILES string of the molecule is CN(CC(=O)Nc1cccc(-c2ccc(=O)[nH]n2)c1)C(=O)c1cccs1. The van der Waals surface area contributed by atoms with E-state index in [-0.39, 0.29) is 23.9 Å². The minimum Gasteiger partial charge on any atom is -0.332 e. The maximum absolute atomic E-state index is 12.2. The number of H-pyrrole nitrogens is 1. The molecule has 2 heterocycles. The number of carbonyl (C=O) groups is 2. The monoisotopic (exact) mass is 368 g/mol. The molecule has 0 saturated carbocycles. The zero-order valence-electron chi connectivity index (χ0n) is 13.9. The maximum Gasteiger partial charge on any atom is 0.264 e. The van der Waals surface area contributed by atoms with Crippen molar-refractivity contribution >= 4 is 28.8 Å². The molecule has 0 bridgehead atoms. The molecular formula is C18H16N4O3S. The van der Waals surface area contributed by atoms with Gasteiger partial charge in [0.05, 0.1) is 17.1 Å². The molecule has 3 aromatic rings. The Balaban J connectivity index is 1.66. The molecule has 0 fully saturated rings. The summed E-state index contributed by atoms with van der Waals surface area (Å²) in [4.78, 5) is 37.5. The van der Waals surface area contributed by atoms with Crippen LogP contribution in [0.4, 0.5) is 5.69 Å². The lowest BCUT2D eigenvalue weighted by atomic mass is 10.1. The van der Waals surface area contributed by atoms with Gasteiger partial charge in [-0.2, -0.15) is 5.10 Å². The van der Waals surface area contributed by atoms with E-state index in [1.807, 2.05) is 11.4 Å². The normalized spacial score (nSPS) is 10.3. The number of nitrogens with zero attached hydrogens (tertiary/aromatic N) is 2. The third-order valence-electron chi connectivity index (χ3n) is 3.58. The van der Waals surface area contributed by atoms with Crippen molar-refractivity contribution in [3.05, 3.63) is 69.1 Å². The Hall–Kier alpha value is -3.26. The second-order valence-electron chi connectivity index (χ2n) is 5.57. The molecule has 0 unspecified atom stereocenters. The van der Waals surface area contributed by atoms with E-state index in [0.717, 1.165) is 5.56 Å². The van der Waals surface area contributed by atoms with Crippen LogP contribution in [0.25, 0.3) is 11.3 Å². The zero-order valence-corrected chi connectivity index (χ0v) is 14.7. The lowest BCUT2D eigenvalue weighted by Gasteiger charge is -2.16. The summed E-state index contributed by atoms with van der Waals surface area (Å²) in [6, 6.07) is 13.6. The fourth-order valence-electron chi connectivity index (χ4n) is 2.34. The van der Waals surface area contributed by atoms with E-state index in [0.29, 0.717) is 16.3 Å². The minimum absolute atomic E-state index is 0.0577. The fraction of sp³-hybridized carbons (Fsp3) is 0.111. The van der Waals surface area contributed by atoms with Gasteiger partial charge in [0, 0.05) is 24.4 Å². The number of likely N-dealkylation sites (N-methyl/N-ethyl adjacent to an activating group) is 1. The van der Waals surface area contributed by atoms with Crippen LogP contribution < -0.4 is 10.9 Å². The first-order valence-electron chi connectivity index (χ1n) is 7.78. The number of amides is 2. The number of hydrogen-bond acceptors (Lipinski definition) is 5. The van der Waals surface area contributed by atoms with Gasteiger partial charge >= 0.3 is 0 Å². The van der Waals surface area contributed by atoms with Crippen LogP contribution >= 0.6 is 11.3 Å². The topological polar surface area (TPSA) is 95.2 Å². The van der Waals surface area contributed by atoms with Crippen molar-refractivity contribution in [2.24, 2.45) is 0 Å². The van der Waals surface area contributed by atoms with Crippen molar-refractivity contribution in [3.63, 3.8) is 0 Å². The smallest absolute Gasteiger partial charge is 0.264 e. The fourth-order valence-corrected chi connectivity index (χ4v) is 3.06. The van der Waals surface area contributed by atoms with E-state index in [1.54, 1.807) is 43.4 Å². The number of anilines is 1. The van der Waals surface area contributed by atoms with Crippen molar-refractivity contribution in [1.82, 2.24) is 15.1 Å². The quantitative estimate of drug-likeness (QED) is 0.722. The van der Waals surface area contributed by atoms with Crippen molar-refractivity contribution < 1.29 is 9.59 Å². The molecule has 0 aliphatic rings. The highest BCUT2D eigenvalue weighted by molar-refractivity contribution is 7.12. The van der Waals surface area contributed by atoms with Crippen molar-refractivity contribution in [2.45, 2.75) is 0 Å². The van der Waals surface area contributed by atoms with Crippen LogP contribution in [0, 0.1) is 0 Å². The standard InChI is InChI=1S/C18H16N4O3S/c1-22(18(25)15-6-3-9-26-15)11-17(24)19-13-5-2-4-12(10-13)14-7-8-16(23)21-20-14/h2-10H,11H2,1H3,(H,19,24)(H,21,23). The summed E-state index contributed by atoms with van der Waals surface area (Å²) in [5.41, 5.74) is 1.64. The number of thiophene rings is 1. The van der Waals surface area contributed by atoms with Gasteiger partial charge in [-0.15, -0.1) is 11.3 Å². The van der Waals surface area contributed by atoms with Gasteiger partial charge < -0.3 is 10.2 Å². The number of nitrogens with one attached hydrogen (secondary N) is 2. The van der Waals surface area contributed by atoms with Crippen LogP contribution in [-0.4, -0.2) is 40.5 Å². The van der Waals surface area contributed by atoms with Gasteiger partial charge in [0.15, 0.2) is 0 Å². The summed E-state index contributed by atoms with van der Waals surface area (Å²) in [7, 11) is 1.59. The number of rotatable bonds is 5. The summed E-state index contributed by atoms with van der Waals surface area (Å²) < 4.78 is 0. The number of hydrogen-bond donors (Lipinski definition) is 2. The number of aromatic amines is 1. The Morgan fingerprint density at radius 2 is 2.04 bits per heavy atom. The van der Waals surface area contributed by atoms with Crippen molar-refractivity contribution in [1.29, 1.82) is 0 Å². The van der Waals surface area contributed by atoms with Crippen LogP contribution in [0.1, 0.15) is 9.67 Å². The van der Waals surface area contributed by atoms with Crippen LogP contribution in [0.2, 0.25) is 0 Å². The summed E-state index contributed by atoms with van der Waals surface area (Å²) >= 11 is 1.34. The van der Waals surface area contributed by atoms with E-state index in [4.69, 9.17) is 0 Å². The summed E-state index contributed by atoms with van der Waals surface area (Å²) in [5.74, 6) is -0.495. The average molecular weight is 368 g/mol. The molecule has 2 amide bonds. The first-order valence-corrected chi connectivity index (χ1v) is 8.66. The Kier molecular flexibility index (Phi) is 5.23. The largest absolute Gasteiger partial charge is 0.332 e. The number of carbonyl (C=O) groups excluding carboxylic acids is 2. The highest BCUT2D eigenvalue weighted by Gasteiger charge is 2.15. The number of aromatic nitrogens is 2. The molecule has 0 atom stereocenters. The molecule has 132 valence electrons. The molecule has 0 aliphatic carbocycles. The summed E-state index contributed by atoms with van der Waals surface area (Å²) in [6.45, 7) is -0.0577. The van der Waals surface area contributed by atoms with Gasteiger partial charge in [0.2, 0.25) is 5.91 Å². The zero-order chi connectivity index (χ0) is 18.5. The van der Waals surface area contributed by atoms with Crippen LogP contribution in [0.15, 0.2) is 58.7 Å². The van der Waals surface area contributed by atoms with E-state index in [2.05, 4.69) is 15.5 Å². The van der Waals surface area contributed by atoms with E-state index in [9.17, 15) is 14.4 Å². The second kappa shape index (κ2) is 7.75. The van der Waals surface area contributed by atoms with Gasteiger partial charge in [-0.05, 0) is 29.6 Å². The Morgan fingerprint density at radius 1 is 1.19 bits per heavy atom. The first-order chi connectivity index (χ1) is 12.5. The summed E-state index contributed by atoms with van der Waals surface area (Å²) in [5, 5.41) is 10.9. The lowest BCUT2D eigenvalue weighted by molar-refractivity contribution is -0.116. The molecular weight excluding hydrogens is 352 g/mol. The molecule has 0 saturated heterocycles. The average Bonchev–Trinajstić information content (AvgIpc) is 3.16. The van der Waals surface area contributed by atoms with Crippen LogP contribution in [0.3, 0.4) is 0 Å². The predicted molar refractivity (Wildman–Crippen MR) is 100 cm³/mol. The maximum atomic E-state index is 12.2. The Morgan fingerprint density at radius 3 is 2.73 bits per heavy atom. The Bertz CT molecular complexity index is 962. The van der Waals surface area contributed by atoms with Crippen molar-refractivity contribution in [3.8, 4) is 11.3 Å². The molecule has 0 spiro atoms. The Labute approximate surface area is 153 Å². The molecule has 8 heteroatoms. The van der Waals surface area contributed by atoms with Crippen LogP contribution in [-0.2, 0) is 4.79 Å². The minimum atomic E-state index is -0.302. The van der Waals surface area contributed by atoms with Gasteiger partial charge in [-0.25, -0.2) is 5.10 Å². The number of benzene rings is 1. The molecule has 2 N–H and O–H groups in total. The first kappa shape index (κ1) is 17.6. The molecule has 1 aromatic carbocycles. The highest BCUT2D eigenvalue weighted by atomic mass is 32.1. The van der Waals surface area contributed by atoms with Crippen molar-refractivity contribution in [2.75, 3.05) is 18.9 Å². The van der Waals surface area contributed by atoms with Gasteiger partial charge in [0.1, 0.15) is 0 Å². The third-order valence-corrected chi connectivity index (χ3v) is 4.44. The molecule has 0 radical (unpaired) electrons. The molecule has 0 aliphatic heterocycles. The second-order valence-corrected chi connectivity index (χ2v) is 6.52. The highest BCUT2D eigenvalue weighted by Crippen LogP contribution is 2.19. The molecule has 7 nitrogen and oxygen atoms in total. The lowest BCUT2D eigenvalue weighted by Crippen LogP contribution is -2.34. The predicted octanol–water partition coefficient (Wildman–Crippen LogP) is 2.21. The van der Waals surface area contributed by atoms with E-state index in [1.165, 1.54) is 22.3 Å². The van der Waals surface area contributed by atoms with E-state index >= 15 is 0 Å². The van der Waals surface area contributed by atoms with Crippen LogP contribution in [0.5, 0.6) is 0 Å². The van der Waals surface area contributed by atoms with Gasteiger partial charge in [-0.3, -0.25) is 14.4 Å². The molecule has 26 heavy (non-hydrogen) atoms. The summed E-state index contributed by atoms with van der Waals surface area (Å²) in [6.07, 6.45) is 0. The molecule has 3 rings (SSSR count). The third kappa shape index (κ3) is 4.22. The van der Waals surface area contributed by atoms with Gasteiger partial charge in [0.25, 0.3) is 11.5 Å². The van der Waals surface area contributed by atoms with E-state index < -0.39 is 0 Å². The molecule has 2 aromatic heterocycles.